The zero-order valence-corrected chi connectivity index (χ0v) is 32.5. The van der Waals surface area contributed by atoms with Crippen molar-refractivity contribution in [1.82, 2.24) is 19.5 Å². The van der Waals surface area contributed by atoms with Crippen molar-refractivity contribution in [2.45, 2.75) is 19.3 Å². The Morgan fingerprint density at radius 1 is 0.390 bits per heavy atom. The average molecular weight is 757 g/mol. The minimum Gasteiger partial charge on any atom is -0.456 e. The molecule has 5 nitrogen and oxygen atoms in total. The Balaban J connectivity index is 1.01. The summed E-state index contributed by atoms with van der Waals surface area (Å²) in [5.74, 6) is 1.80. The molecule has 0 spiro atoms. The lowest BCUT2D eigenvalue weighted by atomic mass is 9.82. The van der Waals surface area contributed by atoms with Gasteiger partial charge >= 0.3 is 0 Å². The Labute approximate surface area is 340 Å². The second-order valence-electron chi connectivity index (χ2n) is 16.1. The van der Waals surface area contributed by atoms with Gasteiger partial charge in [-0.25, -0.2) is 15.0 Å². The normalized spacial score (nSPS) is 13.1. The van der Waals surface area contributed by atoms with Gasteiger partial charge in [0.05, 0.1) is 11.0 Å². The topological polar surface area (TPSA) is 56.7 Å². The molecule has 1 aliphatic rings. The van der Waals surface area contributed by atoms with Gasteiger partial charge in [0, 0.05) is 49.3 Å². The van der Waals surface area contributed by atoms with Crippen LogP contribution in [0.4, 0.5) is 0 Å². The Bertz CT molecular complexity index is 3470. The van der Waals surface area contributed by atoms with E-state index in [1.807, 2.05) is 36.4 Å². The lowest BCUT2D eigenvalue weighted by Gasteiger charge is -2.21. The van der Waals surface area contributed by atoms with Crippen LogP contribution in [0.5, 0.6) is 0 Å². The molecular formula is C54H36N4O. The number of hydrogen-bond donors (Lipinski definition) is 0. The number of fused-ring (bicyclic) bond motifs is 9. The molecule has 8 aromatic carbocycles. The highest BCUT2D eigenvalue weighted by atomic mass is 16.3. The first-order valence-electron chi connectivity index (χ1n) is 20.1. The van der Waals surface area contributed by atoms with Crippen molar-refractivity contribution in [3.05, 3.63) is 193 Å². The van der Waals surface area contributed by atoms with Gasteiger partial charge in [-0.1, -0.05) is 141 Å². The van der Waals surface area contributed by atoms with E-state index in [-0.39, 0.29) is 5.41 Å². The van der Waals surface area contributed by atoms with Crippen LogP contribution in [-0.2, 0) is 5.41 Å². The van der Waals surface area contributed by atoms with Gasteiger partial charge in [0.25, 0.3) is 0 Å². The molecular weight excluding hydrogens is 721 g/mol. The van der Waals surface area contributed by atoms with Gasteiger partial charge in [-0.05, 0) is 88.0 Å². The quantitative estimate of drug-likeness (QED) is 0.175. The maximum atomic E-state index is 6.45. The van der Waals surface area contributed by atoms with E-state index in [4.69, 9.17) is 19.4 Å². The third-order valence-corrected chi connectivity index (χ3v) is 12.2. The Morgan fingerprint density at radius 2 is 1.05 bits per heavy atom. The molecule has 0 saturated carbocycles. The molecule has 0 atom stereocenters. The fourth-order valence-corrected chi connectivity index (χ4v) is 9.30. The maximum absolute atomic E-state index is 6.45. The van der Waals surface area contributed by atoms with Crippen molar-refractivity contribution in [1.29, 1.82) is 0 Å². The van der Waals surface area contributed by atoms with Crippen LogP contribution in [0.15, 0.2) is 186 Å². The van der Waals surface area contributed by atoms with E-state index in [2.05, 4.69) is 164 Å². The molecule has 11 aromatic rings. The summed E-state index contributed by atoms with van der Waals surface area (Å²) in [4.78, 5) is 15.4. The van der Waals surface area contributed by atoms with E-state index in [0.29, 0.717) is 17.5 Å². The van der Waals surface area contributed by atoms with E-state index in [1.54, 1.807) is 0 Å². The molecule has 12 rings (SSSR count). The number of nitrogens with zero attached hydrogens (tertiary/aromatic N) is 4. The van der Waals surface area contributed by atoms with E-state index < -0.39 is 0 Å². The van der Waals surface area contributed by atoms with Crippen molar-refractivity contribution in [3.8, 4) is 62.1 Å². The predicted molar refractivity (Wildman–Crippen MR) is 241 cm³/mol. The Morgan fingerprint density at radius 3 is 1.86 bits per heavy atom. The molecule has 0 saturated heterocycles. The molecule has 59 heavy (non-hydrogen) atoms. The number of benzene rings is 8. The van der Waals surface area contributed by atoms with Gasteiger partial charge in [-0.15, -0.1) is 0 Å². The van der Waals surface area contributed by atoms with E-state index in [1.165, 1.54) is 44.1 Å². The largest absolute Gasteiger partial charge is 0.456 e. The fraction of sp³-hybridized carbons (Fsp3) is 0.0556. The molecule has 1 aliphatic carbocycles. The fourth-order valence-electron chi connectivity index (χ4n) is 9.30. The van der Waals surface area contributed by atoms with E-state index in [9.17, 15) is 0 Å². The minimum absolute atomic E-state index is 0.116. The number of hydrogen-bond acceptors (Lipinski definition) is 4. The van der Waals surface area contributed by atoms with Crippen LogP contribution in [0.3, 0.4) is 0 Å². The third kappa shape index (κ3) is 5.21. The third-order valence-electron chi connectivity index (χ3n) is 12.2. The summed E-state index contributed by atoms with van der Waals surface area (Å²) in [6.45, 7) is 4.68. The van der Waals surface area contributed by atoms with Gasteiger partial charge in [-0.2, -0.15) is 0 Å². The zero-order valence-electron chi connectivity index (χ0n) is 32.5. The van der Waals surface area contributed by atoms with Gasteiger partial charge < -0.3 is 8.98 Å². The molecule has 0 amide bonds. The number of para-hydroxylation sites is 1. The number of furan rings is 1. The molecule has 0 radical (unpaired) electrons. The summed E-state index contributed by atoms with van der Waals surface area (Å²) >= 11 is 0. The molecule has 0 N–H and O–H groups in total. The lowest BCUT2D eigenvalue weighted by molar-refractivity contribution is 0.661. The summed E-state index contributed by atoms with van der Waals surface area (Å²) in [7, 11) is 0. The minimum atomic E-state index is -0.116. The smallest absolute Gasteiger partial charge is 0.164 e. The lowest BCUT2D eigenvalue weighted by Crippen LogP contribution is -2.14. The van der Waals surface area contributed by atoms with Crippen LogP contribution in [0.2, 0.25) is 0 Å². The van der Waals surface area contributed by atoms with Crippen molar-refractivity contribution < 1.29 is 4.42 Å². The number of rotatable bonds is 5. The predicted octanol–water partition coefficient (Wildman–Crippen LogP) is 13.8. The van der Waals surface area contributed by atoms with Crippen molar-refractivity contribution in [3.63, 3.8) is 0 Å². The highest BCUT2D eigenvalue weighted by molar-refractivity contribution is 6.12. The Kier molecular flexibility index (Phi) is 7.20. The van der Waals surface area contributed by atoms with E-state index >= 15 is 0 Å². The summed E-state index contributed by atoms with van der Waals surface area (Å²) < 4.78 is 8.84. The Hall–Kier alpha value is -7.63. The highest BCUT2D eigenvalue weighted by Crippen LogP contribution is 2.51. The second kappa shape index (κ2) is 12.7. The summed E-state index contributed by atoms with van der Waals surface area (Å²) in [5, 5.41) is 4.59. The maximum Gasteiger partial charge on any atom is 0.164 e. The van der Waals surface area contributed by atoms with E-state index in [0.717, 1.165) is 55.4 Å². The molecule has 278 valence electrons. The van der Waals surface area contributed by atoms with Crippen LogP contribution in [-0.4, -0.2) is 19.5 Å². The monoisotopic (exact) mass is 756 g/mol. The van der Waals surface area contributed by atoms with Crippen molar-refractivity contribution in [2.75, 3.05) is 0 Å². The average Bonchev–Trinajstić information content (AvgIpc) is 3.90. The molecule has 0 bridgehead atoms. The van der Waals surface area contributed by atoms with Crippen LogP contribution in [0, 0.1) is 0 Å². The first kappa shape index (κ1) is 33.5. The van der Waals surface area contributed by atoms with Crippen LogP contribution in [0.25, 0.3) is 106 Å². The SMILES string of the molecule is CC1(C)c2ccccc2-c2cc3c4ccccc4n(-c4cccc(-c5nc(-c6ccccc6)nc(-c6ccc7c(c6)oc6ccc(-c8ccccc8)cc67)n5)c4)c3cc21. The molecule has 3 aromatic heterocycles. The standard InChI is InChI=1S/C54H36N4O/c1-54(2)45-22-11-9-20-39(45)42-31-43-40-21-10-12-23-47(40)58(48(43)32-46(42)54)38-19-13-18-36(28-38)52-55-51(34-16-7-4-8-17-34)56-53(57-52)37-24-26-41-44-29-35(33-14-5-3-6-15-33)25-27-49(44)59-50(41)30-37/h3-32H,1-2H3. The molecule has 5 heteroatoms. The number of aromatic nitrogens is 4. The van der Waals surface area contributed by atoms with Crippen LogP contribution >= 0.6 is 0 Å². The molecule has 0 unspecified atom stereocenters. The first-order chi connectivity index (χ1) is 29.0. The first-order valence-corrected chi connectivity index (χ1v) is 20.1. The van der Waals surface area contributed by atoms with Crippen LogP contribution < -0.4 is 0 Å². The molecule has 0 aliphatic heterocycles. The molecule has 0 fully saturated rings. The summed E-state index contributed by atoms with van der Waals surface area (Å²) in [5.41, 5.74) is 15.3. The van der Waals surface area contributed by atoms with Gasteiger partial charge in [0.1, 0.15) is 11.2 Å². The summed E-state index contributed by atoms with van der Waals surface area (Å²) in [6, 6.07) is 64.2. The highest BCUT2D eigenvalue weighted by Gasteiger charge is 2.36. The summed E-state index contributed by atoms with van der Waals surface area (Å²) in [6.07, 6.45) is 0. The zero-order chi connectivity index (χ0) is 39.2. The van der Waals surface area contributed by atoms with Crippen molar-refractivity contribution >= 4 is 43.7 Å². The second-order valence-corrected chi connectivity index (χ2v) is 16.1. The van der Waals surface area contributed by atoms with Gasteiger partial charge in [-0.3, -0.25) is 0 Å². The van der Waals surface area contributed by atoms with Crippen LogP contribution in [0.1, 0.15) is 25.0 Å². The van der Waals surface area contributed by atoms with Crippen molar-refractivity contribution in [2.24, 2.45) is 0 Å². The van der Waals surface area contributed by atoms with Gasteiger partial charge in [0.2, 0.25) is 0 Å². The van der Waals surface area contributed by atoms with Gasteiger partial charge in [0.15, 0.2) is 17.5 Å². The molecule has 3 heterocycles.